The van der Waals surface area contributed by atoms with E-state index in [4.69, 9.17) is 9.84 Å². The van der Waals surface area contributed by atoms with Gasteiger partial charge in [0.1, 0.15) is 18.1 Å². The van der Waals surface area contributed by atoms with E-state index in [1.54, 1.807) is 24.3 Å². The number of ether oxygens (including phenoxy) is 1. The second kappa shape index (κ2) is 3.69. The molecule has 0 spiro atoms. The third kappa shape index (κ3) is 1.46. The van der Waals surface area contributed by atoms with Crippen LogP contribution in [0, 0.1) is 0 Å². The summed E-state index contributed by atoms with van der Waals surface area (Å²) < 4.78 is 5.46. The summed E-state index contributed by atoms with van der Waals surface area (Å²) in [7, 11) is 0. The zero-order valence-electron chi connectivity index (χ0n) is 9.14. The van der Waals surface area contributed by atoms with Crippen LogP contribution in [0.25, 0.3) is 11.3 Å². The van der Waals surface area contributed by atoms with E-state index in [9.17, 15) is 9.59 Å². The second-order valence-corrected chi connectivity index (χ2v) is 3.83. The average molecular weight is 244 g/mol. The molecule has 0 bridgehead atoms. The number of H-pyrrole nitrogens is 1. The molecule has 0 amide bonds. The van der Waals surface area contributed by atoms with Gasteiger partial charge in [-0.2, -0.15) is 4.98 Å². The Labute approximate surface area is 101 Å². The van der Waals surface area contributed by atoms with Gasteiger partial charge in [0.05, 0.1) is 5.69 Å². The molecule has 0 saturated carbocycles. The van der Waals surface area contributed by atoms with Crippen LogP contribution in [0.5, 0.6) is 5.75 Å². The number of rotatable bonds is 1. The normalized spacial score (nSPS) is 12.2. The number of hydrogen-bond donors (Lipinski definition) is 2. The number of fused-ring (bicyclic) bond motifs is 3. The van der Waals surface area contributed by atoms with Gasteiger partial charge in [0.2, 0.25) is 0 Å². The van der Waals surface area contributed by atoms with Crippen LogP contribution in [-0.2, 0) is 6.61 Å². The van der Waals surface area contributed by atoms with Gasteiger partial charge in [-0.25, -0.2) is 9.59 Å². The second-order valence-electron chi connectivity index (χ2n) is 3.83. The Bertz CT molecular complexity index is 705. The first-order valence-corrected chi connectivity index (χ1v) is 5.25. The minimum atomic E-state index is -1.20. The fourth-order valence-corrected chi connectivity index (χ4v) is 1.98. The Kier molecular flexibility index (Phi) is 2.16. The lowest BCUT2D eigenvalue weighted by atomic mass is 10.0. The number of hydrogen-bond acceptors (Lipinski definition) is 4. The molecular weight excluding hydrogens is 236 g/mol. The van der Waals surface area contributed by atoms with Crippen LogP contribution in [0.3, 0.4) is 0 Å². The van der Waals surface area contributed by atoms with Crippen LogP contribution in [0.2, 0.25) is 0 Å². The number of aromatic nitrogens is 2. The molecule has 0 saturated heterocycles. The highest BCUT2D eigenvalue weighted by atomic mass is 16.5. The van der Waals surface area contributed by atoms with E-state index in [1.165, 1.54) is 0 Å². The van der Waals surface area contributed by atoms with Gasteiger partial charge in [-0.3, -0.25) is 4.98 Å². The van der Waals surface area contributed by atoms with Crippen LogP contribution < -0.4 is 10.4 Å². The van der Waals surface area contributed by atoms with Crippen LogP contribution in [0.1, 0.15) is 16.1 Å². The molecule has 1 aromatic heterocycles. The summed E-state index contributed by atoms with van der Waals surface area (Å²) >= 11 is 0. The molecule has 1 aromatic carbocycles. The van der Waals surface area contributed by atoms with Crippen LogP contribution >= 0.6 is 0 Å². The number of nitrogens with zero attached hydrogens (tertiary/aromatic N) is 1. The largest absolute Gasteiger partial charge is 0.488 e. The summed E-state index contributed by atoms with van der Waals surface area (Å²) in [6.45, 7) is 0.0811. The van der Waals surface area contributed by atoms with Crippen molar-refractivity contribution in [3.8, 4) is 17.0 Å². The third-order valence-corrected chi connectivity index (χ3v) is 2.76. The number of carboxylic acids is 1. The van der Waals surface area contributed by atoms with E-state index in [-0.39, 0.29) is 12.3 Å². The maximum atomic E-state index is 11.4. The number of nitrogens with one attached hydrogen (secondary N) is 1. The summed E-state index contributed by atoms with van der Waals surface area (Å²) in [5.41, 5.74) is 0.550. The van der Waals surface area contributed by atoms with Crippen molar-refractivity contribution in [2.75, 3.05) is 0 Å². The Morgan fingerprint density at radius 1 is 1.39 bits per heavy atom. The van der Waals surface area contributed by atoms with E-state index >= 15 is 0 Å². The summed E-state index contributed by atoms with van der Waals surface area (Å²) in [6.07, 6.45) is 0. The fraction of sp³-hybridized carbons (Fsp3) is 0.0833. The van der Waals surface area contributed by atoms with Gasteiger partial charge in [0, 0.05) is 11.1 Å². The average Bonchev–Trinajstić information content (AvgIpc) is 2.37. The number of carbonyl (C=O) groups is 1. The topological polar surface area (TPSA) is 92.3 Å². The zero-order chi connectivity index (χ0) is 12.7. The maximum absolute atomic E-state index is 11.4. The molecule has 0 unspecified atom stereocenters. The van der Waals surface area contributed by atoms with Gasteiger partial charge in [-0.05, 0) is 12.1 Å². The van der Waals surface area contributed by atoms with Crippen molar-refractivity contribution in [1.82, 2.24) is 9.97 Å². The number of aromatic carboxylic acids is 1. The highest BCUT2D eigenvalue weighted by Gasteiger charge is 2.24. The van der Waals surface area contributed by atoms with Gasteiger partial charge >= 0.3 is 11.7 Å². The Balaban J connectivity index is 2.35. The summed E-state index contributed by atoms with van der Waals surface area (Å²) in [6, 6.07) is 7.07. The standard InChI is InChI=1S/C12H8N2O4/c15-11(16)10-7-5-18-8-4-2-1-3-6(8)9(7)13-12(17)14-10/h1-4H,5H2,(H,15,16)(H,13,14,17). The third-order valence-electron chi connectivity index (χ3n) is 2.76. The molecule has 0 fully saturated rings. The molecule has 0 radical (unpaired) electrons. The highest BCUT2D eigenvalue weighted by molar-refractivity contribution is 5.90. The summed E-state index contributed by atoms with van der Waals surface area (Å²) in [5.74, 6) is -0.604. The van der Waals surface area contributed by atoms with Crippen molar-refractivity contribution in [1.29, 1.82) is 0 Å². The first-order valence-electron chi connectivity index (χ1n) is 5.25. The predicted octanol–water partition coefficient (Wildman–Crippen LogP) is 1.03. The monoisotopic (exact) mass is 244 g/mol. The van der Waals surface area contributed by atoms with E-state index in [0.717, 1.165) is 0 Å². The predicted molar refractivity (Wildman–Crippen MR) is 61.6 cm³/mol. The van der Waals surface area contributed by atoms with Crippen molar-refractivity contribution in [2.24, 2.45) is 0 Å². The zero-order valence-corrected chi connectivity index (χ0v) is 9.14. The number of para-hydroxylation sites is 1. The lowest BCUT2D eigenvalue weighted by Crippen LogP contribution is -2.23. The van der Waals surface area contributed by atoms with Crippen molar-refractivity contribution in [3.63, 3.8) is 0 Å². The molecule has 6 nitrogen and oxygen atoms in total. The Morgan fingerprint density at radius 3 is 2.94 bits per heavy atom. The van der Waals surface area contributed by atoms with Crippen LogP contribution in [0.4, 0.5) is 0 Å². The van der Waals surface area contributed by atoms with E-state index in [1.807, 2.05) is 0 Å². The first-order chi connectivity index (χ1) is 8.66. The van der Waals surface area contributed by atoms with Gasteiger partial charge in [0.15, 0.2) is 0 Å². The van der Waals surface area contributed by atoms with Gasteiger partial charge in [0.25, 0.3) is 0 Å². The molecule has 0 aliphatic carbocycles. The van der Waals surface area contributed by atoms with E-state index < -0.39 is 11.7 Å². The quantitative estimate of drug-likeness (QED) is 0.781. The Morgan fingerprint density at radius 2 is 2.17 bits per heavy atom. The number of aromatic amines is 1. The number of benzene rings is 1. The molecule has 2 heterocycles. The molecule has 3 rings (SSSR count). The molecule has 2 aromatic rings. The molecule has 2 N–H and O–H groups in total. The van der Waals surface area contributed by atoms with E-state index in [2.05, 4.69) is 9.97 Å². The molecular formula is C12H8N2O4. The van der Waals surface area contributed by atoms with Crippen LogP contribution in [-0.4, -0.2) is 21.0 Å². The smallest absolute Gasteiger partial charge is 0.352 e. The van der Waals surface area contributed by atoms with Gasteiger partial charge in [-0.15, -0.1) is 0 Å². The SMILES string of the molecule is O=C(O)c1[nH]c(=O)nc2c1COc1ccccc1-2. The molecule has 6 heteroatoms. The van der Waals surface area contributed by atoms with E-state index in [0.29, 0.717) is 22.6 Å². The number of carboxylic acid groups (broad SMARTS) is 1. The Hall–Kier alpha value is -2.63. The van der Waals surface area contributed by atoms with Crippen molar-refractivity contribution < 1.29 is 14.6 Å². The fourth-order valence-electron chi connectivity index (χ4n) is 1.98. The minimum Gasteiger partial charge on any atom is -0.488 e. The molecule has 1 aliphatic heterocycles. The summed E-state index contributed by atoms with van der Waals surface area (Å²) in [5, 5.41) is 9.06. The highest BCUT2D eigenvalue weighted by Crippen LogP contribution is 2.35. The van der Waals surface area contributed by atoms with Gasteiger partial charge in [-0.1, -0.05) is 12.1 Å². The molecule has 1 aliphatic rings. The lowest BCUT2D eigenvalue weighted by Gasteiger charge is -2.20. The molecule has 90 valence electrons. The van der Waals surface area contributed by atoms with Crippen molar-refractivity contribution in [2.45, 2.75) is 6.61 Å². The summed E-state index contributed by atoms with van der Waals surface area (Å²) in [4.78, 5) is 28.6. The lowest BCUT2D eigenvalue weighted by molar-refractivity contribution is 0.0686. The molecule has 18 heavy (non-hydrogen) atoms. The first kappa shape index (κ1) is 10.5. The molecule has 0 atom stereocenters. The maximum Gasteiger partial charge on any atom is 0.352 e. The van der Waals surface area contributed by atoms with Gasteiger partial charge < -0.3 is 9.84 Å². The van der Waals surface area contributed by atoms with Crippen molar-refractivity contribution in [3.05, 3.63) is 46.0 Å². The van der Waals surface area contributed by atoms with Crippen molar-refractivity contribution >= 4 is 5.97 Å². The minimum absolute atomic E-state index is 0.0811. The van der Waals surface area contributed by atoms with Crippen LogP contribution in [0.15, 0.2) is 29.1 Å².